The summed E-state index contributed by atoms with van der Waals surface area (Å²) in [6.07, 6.45) is 5.97. The van der Waals surface area contributed by atoms with E-state index >= 15 is 0 Å². The molecule has 0 spiro atoms. The lowest BCUT2D eigenvalue weighted by Gasteiger charge is -2.22. The second-order valence-corrected chi connectivity index (χ2v) is 2.40. The molecule has 0 fully saturated rings. The van der Waals surface area contributed by atoms with Gasteiger partial charge in [-0.2, -0.15) is 0 Å². The molecule has 0 saturated carbocycles. The third-order valence-corrected chi connectivity index (χ3v) is 1.61. The summed E-state index contributed by atoms with van der Waals surface area (Å²) in [4.78, 5) is 0. The van der Waals surface area contributed by atoms with Gasteiger partial charge in [0.25, 0.3) is 0 Å². The first-order chi connectivity index (χ1) is 4.13. The molecule has 3 heteroatoms. The van der Waals surface area contributed by atoms with E-state index in [1.165, 1.54) is 12.2 Å². The summed E-state index contributed by atoms with van der Waals surface area (Å²) < 4.78 is 0. The van der Waals surface area contributed by atoms with Crippen molar-refractivity contribution in [2.24, 2.45) is 0 Å². The highest BCUT2D eigenvalue weighted by Crippen LogP contribution is 2.19. The molecule has 0 aliphatic heterocycles. The molecule has 1 aliphatic rings. The molecule has 1 aliphatic carbocycles. The average Bonchev–Trinajstić information content (AvgIpc) is 1.77. The number of allylic oxidation sites excluding steroid dienone is 2. The van der Waals surface area contributed by atoms with Crippen molar-refractivity contribution in [2.45, 2.75) is 11.2 Å². The fraction of sp³-hybridized carbons (Fsp3) is 0.333. The zero-order valence-corrected chi connectivity index (χ0v) is 5.42. The molecule has 1 rings (SSSR count). The first-order valence-electron chi connectivity index (χ1n) is 2.58. The van der Waals surface area contributed by atoms with Crippen molar-refractivity contribution in [1.82, 2.24) is 0 Å². The Hall–Kier alpha value is -0.310. The van der Waals surface area contributed by atoms with Crippen molar-refractivity contribution in [1.29, 1.82) is 0 Å². The Bertz CT molecular complexity index is 160. The molecule has 0 amide bonds. The van der Waals surface area contributed by atoms with Gasteiger partial charge in [-0.1, -0.05) is 18.2 Å². The number of hydrogen-bond donors (Lipinski definition) is 2. The highest BCUT2D eigenvalue weighted by atomic mass is 35.5. The van der Waals surface area contributed by atoms with Crippen molar-refractivity contribution < 1.29 is 10.2 Å². The van der Waals surface area contributed by atoms with Gasteiger partial charge in [0.05, 0.1) is 0 Å². The van der Waals surface area contributed by atoms with Gasteiger partial charge in [-0.15, -0.1) is 11.6 Å². The predicted octanol–water partition coefficient (Wildman–Crippen LogP) is 0.401. The molecule has 0 radical (unpaired) electrons. The Morgan fingerprint density at radius 3 is 2.33 bits per heavy atom. The molecule has 1 atom stereocenters. The fourth-order valence-corrected chi connectivity index (χ4v) is 0.749. The molecule has 0 saturated heterocycles. The Morgan fingerprint density at radius 2 is 2.00 bits per heavy atom. The predicted molar refractivity (Wildman–Crippen MR) is 35.1 cm³/mol. The summed E-state index contributed by atoms with van der Waals surface area (Å²) >= 11 is 5.47. The minimum absolute atomic E-state index is 0.734. The summed E-state index contributed by atoms with van der Waals surface area (Å²) in [7, 11) is 0. The maximum Gasteiger partial charge on any atom is 0.203 e. The van der Waals surface area contributed by atoms with Crippen LogP contribution < -0.4 is 0 Å². The van der Waals surface area contributed by atoms with Crippen LogP contribution in [0.1, 0.15) is 0 Å². The van der Waals surface area contributed by atoms with Crippen LogP contribution in [-0.4, -0.2) is 21.4 Å². The average molecular weight is 147 g/mol. The molecule has 0 aromatic heterocycles. The topological polar surface area (TPSA) is 40.5 Å². The van der Waals surface area contributed by atoms with E-state index in [2.05, 4.69) is 0 Å². The summed E-state index contributed by atoms with van der Waals surface area (Å²) in [5.41, 5.74) is 0. The van der Waals surface area contributed by atoms with Gasteiger partial charge in [-0.25, -0.2) is 0 Å². The molecule has 9 heavy (non-hydrogen) atoms. The Kier molecular flexibility index (Phi) is 1.62. The first kappa shape index (κ1) is 6.81. The molecular weight excluding hydrogens is 140 g/mol. The Labute approximate surface area is 58.1 Å². The van der Waals surface area contributed by atoms with E-state index in [1.807, 2.05) is 0 Å². The van der Waals surface area contributed by atoms with Crippen molar-refractivity contribution in [3.05, 3.63) is 24.3 Å². The van der Waals surface area contributed by atoms with Crippen LogP contribution in [0.4, 0.5) is 0 Å². The van der Waals surface area contributed by atoms with Crippen LogP contribution in [-0.2, 0) is 0 Å². The highest BCUT2D eigenvalue weighted by Gasteiger charge is 2.28. The quantitative estimate of drug-likeness (QED) is 0.384. The maximum absolute atomic E-state index is 8.93. The van der Waals surface area contributed by atoms with Gasteiger partial charge in [0.15, 0.2) is 0 Å². The van der Waals surface area contributed by atoms with Crippen LogP contribution in [0.15, 0.2) is 24.3 Å². The van der Waals surface area contributed by atoms with E-state index in [9.17, 15) is 0 Å². The van der Waals surface area contributed by atoms with Crippen LogP contribution >= 0.6 is 11.6 Å². The smallest absolute Gasteiger partial charge is 0.203 e. The fourth-order valence-electron chi connectivity index (χ4n) is 0.592. The summed E-state index contributed by atoms with van der Waals surface area (Å²) in [6.45, 7) is 0. The lowest BCUT2D eigenvalue weighted by molar-refractivity contribution is -0.112. The maximum atomic E-state index is 8.93. The number of aliphatic hydroxyl groups is 2. The van der Waals surface area contributed by atoms with Gasteiger partial charge >= 0.3 is 0 Å². The molecule has 2 N–H and O–H groups in total. The normalized spacial score (nSPS) is 30.8. The largest absolute Gasteiger partial charge is 0.361 e. The lowest BCUT2D eigenvalue weighted by atomic mass is 10.1. The lowest BCUT2D eigenvalue weighted by Crippen LogP contribution is -2.36. The molecule has 1 unspecified atom stereocenters. The molecule has 50 valence electrons. The highest BCUT2D eigenvalue weighted by molar-refractivity contribution is 6.22. The van der Waals surface area contributed by atoms with E-state index < -0.39 is 11.2 Å². The van der Waals surface area contributed by atoms with Crippen molar-refractivity contribution in [3.63, 3.8) is 0 Å². The van der Waals surface area contributed by atoms with Gasteiger partial charge in [0.2, 0.25) is 5.79 Å². The zero-order chi connectivity index (χ0) is 6.91. The zero-order valence-electron chi connectivity index (χ0n) is 4.66. The first-order valence-corrected chi connectivity index (χ1v) is 3.01. The molecular formula is C6H7ClO2. The minimum Gasteiger partial charge on any atom is -0.361 e. The number of hydrogen-bond acceptors (Lipinski definition) is 2. The standard InChI is InChI=1S/C6H7ClO2/c7-5-3-1-2-4-6(5,8)9/h1-5,8-9H. The van der Waals surface area contributed by atoms with Crippen LogP contribution in [0.3, 0.4) is 0 Å². The molecule has 2 nitrogen and oxygen atoms in total. The van der Waals surface area contributed by atoms with Gasteiger partial charge in [0, 0.05) is 0 Å². The van der Waals surface area contributed by atoms with Crippen molar-refractivity contribution in [2.75, 3.05) is 0 Å². The number of alkyl halides is 1. The molecule has 0 bridgehead atoms. The summed E-state index contributed by atoms with van der Waals surface area (Å²) in [5, 5.41) is 17.1. The van der Waals surface area contributed by atoms with Crippen LogP contribution in [0.25, 0.3) is 0 Å². The molecule has 0 heterocycles. The number of halogens is 1. The SMILES string of the molecule is OC1(O)C=CC=CC1Cl. The third kappa shape index (κ3) is 1.33. The van der Waals surface area contributed by atoms with Gasteiger partial charge < -0.3 is 10.2 Å². The van der Waals surface area contributed by atoms with Crippen LogP contribution in [0, 0.1) is 0 Å². The Morgan fingerprint density at radius 1 is 1.33 bits per heavy atom. The van der Waals surface area contributed by atoms with Crippen molar-refractivity contribution in [3.8, 4) is 0 Å². The van der Waals surface area contributed by atoms with E-state index in [0.717, 1.165) is 0 Å². The summed E-state index contributed by atoms with van der Waals surface area (Å²) in [5.74, 6) is -1.86. The second-order valence-electron chi connectivity index (χ2n) is 1.93. The monoisotopic (exact) mass is 146 g/mol. The van der Waals surface area contributed by atoms with E-state index in [0.29, 0.717) is 0 Å². The van der Waals surface area contributed by atoms with Gasteiger partial charge in [-0.3, -0.25) is 0 Å². The van der Waals surface area contributed by atoms with Crippen LogP contribution in [0.5, 0.6) is 0 Å². The van der Waals surface area contributed by atoms with Crippen molar-refractivity contribution >= 4 is 11.6 Å². The second kappa shape index (κ2) is 2.14. The van der Waals surface area contributed by atoms with E-state index in [1.54, 1.807) is 12.2 Å². The third-order valence-electron chi connectivity index (χ3n) is 1.14. The van der Waals surface area contributed by atoms with E-state index in [-0.39, 0.29) is 0 Å². The van der Waals surface area contributed by atoms with Gasteiger partial charge in [-0.05, 0) is 6.08 Å². The Balaban J connectivity index is 2.78. The van der Waals surface area contributed by atoms with Gasteiger partial charge in [0.1, 0.15) is 5.38 Å². The molecule has 0 aromatic rings. The van der Waals surface area contributed by atoms with E-state index in [4.69, 9.17) is 21.8 Å². The van der Waals surface area contributed by atoms with Crippen LogP contribution in [0.2, 0.25) is 0 Å². The number of rotatable bonds is 0. The molecule has 0 aromatic carbocycles. The summed E-state index contributed by atoms with van der Waals surface area (Å²) in [6, 6.07) is 0. The minimum atomic E-state index is -1.86.